The molecule has 0 amide bonds. The quantitative estimate of drug-likeness (QED) is 0.516. The molecule has 0 atom stereocenters. The molecule has 150 valence electrons. The van der Waals surface area contributed by atoms with Gasteiger partial charge in [0.15, 0.2) is 12.1 Å². The smallest absolute Gasteiger partial charge is 0.251 e. The van der Waals surface area contributed by atoms with Crippen molar-refractivity contribution in [3.8, 4) is 0 Å². The molecule has 9 heteroatoms. The van der Waals surface area contributed by atoms with Crippen LogP contribution in [0.2, 0.25) is 0 Å². The van der Waals surface area contributed by atoms with Crippen LogP contribution in [0, 0.1) is 5.95 Å². The average Bonchev–Trinajstić information content (AvgIpc) is 2.74. The summed E-state index contributed by atoms with van der Waals surface area (Å²) < 4.78 is 14.1. The predicted molar refractivity (Wildman–Crippen MR) is 107 cm³/mol. The Morgan fingerprint density at radius 1 is 1.17 bits per heavy atom. The fraction of sp³-hybridized carbons (Fsp3) is 0.350. The topological polar surface area (TPSA) is 95.1 Å². The number of anilines is 1. The lowest BCUT2D eigenvalue weighted by molar-refractivity contribution is 0.111. The second-order valence-electron chi connectivity index (χ2n) is 7.04. The molecule has 1 aliphatic rings. The van der Waals surface area contributed by atoms with E-state index in [1.54, 1.807) is 0 Å². The Morgan fingerprint density at radius 3 is 2.66 bits per heavy atom. The molecule has 0 spiro atoms. The number of fused-ring (bicyclic) bond motifs is 1. The highest BCUT2D eigenvalue weighted by molar-refractivity contribution is 5.74. The van der Waals surface area contributed by atoms with Gasteiger partial charge in [-0.1, -0.05) is 6.92 Å². The Kier molecular flexibility index (Phi) is 5.30. The van der Waals surface area contributed by atoms with Crippen LogP contribution in [0.1, 0.15) is 28.7 Å². The Balaban J connectivity index is 1.43. The van der Waals surface area contributed by atoms with Gasteiger partial charge in [-0.25, -0.2) is 4.98 Å². The van der Waals surface area contributed by atoms with Gasteiger partial charge < -0.3 is 9.88 Å². The number of nitrogens with one attached hydrogen (secondary N) is 1. The molecule has 1 aliphatic heterocycles. The number of rotatable bonds is 5. The maximum Gasteiger partial charge on any atom is 0.251 e. The first-order valence-electron chi connectivity index (χ1n) is 9.53. The van der Waals surface area contributed by atoms with Crippen LogP contribution in [0.3, 0.4) is 0 Å². The summed E-state index contributed by atoms with van der Waals surface area (Å²) in [4.78, 5) is 41.6. The molecule has 1 saturated heterocycles. The standard InChI is InChI=1S/C20H21FN6O2/c1-2-14-8-15-16(24-20(14)29)7-13(9-22-15)11-26-3-5-27(6-4-26)17-10-23-18(12-28)25-19(17)21/h7-10,12H,2-6,11H2,1H3,(H,24,29). The van der Waals surface area contributed by atoms with Crippen molar-refractivity contribution in [2.45, 2.75) is 19.9 Å². The van der Waals surface area contributed by atoms with Crippen molar-refractivity contribution in [1.29, 1.82) is 0 Å². The van der Waals surface area contributed by atoms with Crippen molar-refractivity contribution < 1.29 is 9.18 Å². The average molecular weight is 396 g/mol. The van der Waals surface area contributed by atoms with Gasteiger partial charge in [-0.3, -0.25) is 19.5 Å². The minimum atomic E-state index is -0.676. The first-order valence-corrected chi connectivity index (χ1v) is 9.53. The number of aromatic amines is 1. The van der Waals surface area contributed by atoms with Crippen LogP contribution >= 0.6 is 0 Å². The highest BCUT2D eigenvalue weighted by Crippen LogP contribution is 2.19. The zero-order chi connectivity index (χ0) is 20.4. The van der Waals surface area contributed by atoms with E-state index in [2.05, 4.69) is 24.8 Å². The van der Waals surface area contributed by atoms with Crippen molar-refractivity contribution in [3.05, 3.63) is 57.8 Å². The summed E-state index contributed by atoms with van der Waals surface area (Å²) >= 11 is 0. The largest absolute Gasteiger partial charge is 0.364 e. The summed E-state index contributed by atoms with van der Waals surface area (Å²) in [5.74, 6) is -0.831. The molecule has 3 aromatic heterocycles. The van der Waals surface area contributed by atoms with Gasteiger partial charge in [-0.2, -0.15) is 9.37 Å². The first-order chi connectivity index (χ1) is 14.1. The van der Waals surface area contributed by atoms with E-state index in [0.29, 0.717) is 38.0 Å². The Hall–Kier alpha value is -3.20. The maximum absolute atomic E-state index is 14.1. The normalized spacial score (nSPS) is 15.0. The second-order valence-corrected chi connectivity index (χ2v) is 7.04. The minimum Gasteiger partial charge on any atom is -0.364 e. The summed E-state index contributed by atoms with van der Waals surface area (Å²) in [5, 5.41) is 0. The third-order valence-electron chi connectivity index (χ3n) is 5.17. The van der Waals surface area contributed by atoms with Crippen LogP contribution in [0.5, 0.6) is 0 Å². The molecule has 0 unspecified atom stereocenters. The zero-order valence-electron chi connectivity index (χ0n) is 16.1. The van der Waals surface area contributed by atoms with Crippen molar-refractivity contribution >= 4 is 23.0 Å². The summed E-state index contributed by atoms with van der Waals surface area (Å²) in [5.41, 5.74) is 3.49. The zero-order valence-corrected chi connectivity index (χ0v) is 16.1. The molecule has 1 fully saturated rings. The van der Waals surface area contributed by atoms with E-state index in [-0.39, 0.29) is 11.4 Å². The number of halogens is 1. The van der Waals surface area contributed by atoms with Crippen LogP contribution < -0.4 is 10.5 Å². The van der Waals surface area contributed by atoms with Crippen molar-refractivity contribution in [2.75, 3.05) is 31.1 Å². The number of pyridine rings is 2. The number of nitrogens with zero attached hydrogens (tertiary/aromatic N) is 5. The van der Waals surface area contributed by atoms with Gasteiger partial charge in [0.05, 0.1) is 17.2 Å². The van der Waals surface area contributed by atoms with E-state index in [1.807, 2.05) is 30.2 Å². The first kappa shape index (κ1) is 19.1. The molecule has 1 N–H and O–H groups in total. The van der Waals surface area contributed by atoms with Crippen LogP contribution in [0.25, 0.3) is 11.0 Å². The summed E-state index contributed by atoms with van der Waals surface area (Å²) in [6.45, 7) is 5.35. The van der Waals surface area contributed by atoms with E-state index >= 15 is 0 Å². The number of hydrogen-bond acceptors (Lipinski definition) is 7. The molecule has 29 heavy (non-hydrogen) atoms. The SMILES string of the molecule is CCc1cc2ncc(CN3CCN(c4cnc(C=O)nc4F)CC3)cc2[nH]c1=O. The Bertz CT molecular complexity index is 1110. The molecule has 4 heterocycles. The van der Waals surface area contributed by atoms with E-state index in [0.717, 1.165) is 35.2 Å². The van der Waals surface area contributed by atoms with Gasteiger partial charge in [-0.05, 0) is 24.1 Å². The second kappa shape index (κ2) is 8.04. The number of H-pyrrole nitrogens is 1. The number of aldehydes is 1. The Labute approximate surface area is 166 Å². The molecule has 4 rings (SSSR count). The van der Waals surface area contributed by atoms with Crippen molar-refractivity contribution in [1.82, 2.24) is 24.8 Å². The molecule has 0 aliphatic carbocycles. The minimum absolute atomic E-state index is 0.0718. The molecule has 8 nitrogen and oxygen atoms in total. The molecule has 0 radical (unpaired) electrons. The number of carbonyl (C=O) groups is 1. The van der Waals surface area contributed by atoms with Crippen LogP contribution in [0.15, 0.2) is 29.3 Å². The van der Waals surface area contributed by atoms with E-state index < -0.39 is 5.95 Å². The molecule has 3 aromatic rings. The fourth-order valence-corrected chi connectivity index (χ4v) is 3.56. The molecule has 0 bridgehead atoms. The third-order valence-corrected chi connectivity index (χ3v) is 5.17. The van der Waals surface area contributed by atoms with Gasteiger partial charge in [-0.15, -0.1) is 0 Å². The van der Waals surface area contributed by atoms with Crippen molar-refractivity contribution in [3.63, 3.8) is 0 Å². The lowest BCUT2D eigenvalue weighted by Gasteiger charge is -2.35. The van der Waals surface area contributed by atoms with Crippen LogP contribution in [0.4, 0.5) is 10.1 Å². The highest BCUT2D eigenvalue weighted by Gasteiger charge is 2.21. The monoisotopic (exact) mass is 396 g/mol. The molecule has 0 saturated carbocycles. The van der Waals surface area contributed by atoms with E-state index in [1.165, 1.54) is 6.20 Å². The number of aromatic nitrogens is 4. The summed E-state index contributed by atoms with van der Waals surface area (Å²) in [6.07, 6.45) is 4.29. The Morgan fingerprint density at radius 2 is 1.97 bits per heavy atom. The fourth-order valence-electron chi connectivity index (χ4n) is 3.56. The molecular weight excluding hydrogens is 375 g/mol. The summed E-state index contributed by atoms with van der Waals surface area (Å²) in [7, 11) is 0. The molecular formula is C20H21FN6O2. The number of aryl methyl sites for hydroxylation is 1. The van der Waals surface area contributed by atoms with Crippen LogP contribution in [-0.2, 0) is 13.0 Å². The van der Waals surface area contributed by atoms with Crippen LogP contribution in [-0.4, -0.2) is 57.3 Å². The lowest BCUT2D eigenvalue weighted by atomic mass is 10.1. The van der Waals surface area contributed by atoms with Gasteiger partial charge in [0.1, 0.15) is 5.69 Å². The molecule has 0 aromatic carbocycles. The number of piperazine rings is 1. The van der Waals surface area contributed by atoms with Crippen molar-refractivity contribution in [2.24, 2.45) is 0 Å². The number of hydrogen-bond donors (Lipinski definition) is 1. The third kappa shape index (κ3) is 4.00. The summed E-state index contributed by atoms with van der Waals surface area (Å²) in [6, 6.07) is 3.80. The number of carbonyl (C=O) groups excluding carboxylic acids is 1. The van der Waals surface area contributed by atoms with E-state index in [9.17, 15) is 14.0 Å². The maximum atomic E-state index is 14.1. The van der Waals surface area contributed by atoms with Gasteiger partial charge >= 0.3 is 0 Å². The van der Waals surface area contributed by atoms with Gasteiger partial charge in [0.2, 0.25) is 5.95 Å². The lowest BCUT2D eigenvalue weighted by Crippen LogP contribution is -2.46. The highest BCUT2D eigenvalue weighted by atomic mass is 19.1. The van der Waals surface area contributed by atoms with Gasteiger partial charge in [0.25, 0.3) is 5.56 Å². The van der Waals surface area contributed by atoms with E-state index in [4.69, 9.17) is 0 Å². The van der Waals surface area contributed by atoms with Gasteiger partial charge in [0, 0.05) is 44.5 Å². The predicted octanol–water partition coefficient (Wildman–Crippen LogP) is 1.55.